The molecule has 0 unspecified atom stereocenters. The SMILES string of the molecule is Cc1cc(N2CCSC(C)(C)CC2)c(C#N)c(C)n1. The lowest BCUT2D eigenvalue weighted by Gasteiger charge is -2.25. The molecule has 0 radical (unpaired) electrons. The Morgan fingerprint density at radius 2 is 2.11 bits per heavy atom. The Morgan fingerprint density at radius 3 is 2.79 bits per heavy atom. The molecule has 0 amide bonds. The van der Waals surface area contributed by atoms with Crippen molar-refractivity contribution in [1.29, 1.82) is 5.26 Å². The molecule has 1 aromatic heterocycles. The van der Waals surface area contributed by atoms with Crippen LogP contribution in [0.3, 0.4) is 0 Å². The van der Waals surface area contributed by atoms with Crippen molar-refractivity contribution in [2.24, 2.45) is 0 Å². The molecule has 0 saturated carbocycles. The summed E-state index contributed by atoms with van der Waals surface area (Å²) in [5.74, 6) is 1.11. The summed E-state index contributed by atoms with van der Waals surface area (Å²) in [5, 5.41) is 9.37. The Balaban J connectivity index is 2.34. The maximum absolute atomic E-state index is 9.37. The number of anilines is 1. The Labute approximate surface area is 120 Å². The first-order valence-corrected chi connectivity index (χ1v) is 7.69. The lowest BCUT2D eigenvalue weighted by Crippen LogP contribution is -2.28. The highest BCUT2D eigenvalue weighted by Crippen LogP contribution is 2.33. The summed E-state index contributed by atoms with van der Waals surface area (Å²) in [7, 11) is 0. The third-order valence-corrected chi connectivity index (χ3v) is 4.97. The van der Waals surface area contributed by atoms with Crippen LogP contribution in [0.2, 0.25) is 0 Å². The molecule has 3 nitrogen and oxygen atoms in total. The molecular formula is C15H21N3S. The number of nitriles is 1. The zero-order chi connectivity index (χ0) is 14.0. The van der Waals surface area contributed by atoms with E-state index in [2.05, 4.69) is 35.9 Å². The number of thioether (sulfide) groups is 1. The summed E-state index contributed by atoms with van der Waals surface area (Å²) in [6, 6.07) is 4.37. The maximum Gasteiger partial charge on any atom is 0.103 e. The molecule has 2 rings (SSSR count). The zero-order valence-electron chi connectivity index (χ0n) is 12.2. The molecule has 0 atom stereocenters. The molecule has 0 spiro atoms. The van der Waals surface area contributed by atoms with Crippen molar-refractivity contribution in [3.8, 4) is 6.07 Å². The highest BCUT2D eigenvalue weighted by molar-refractivity contribution is 8.00. The third-order valence-electron chi connectivity index (χ3n) is 3.60. The van der Waals surface area contributed by atoms with Gasteiger partial charge in [-0.3, -0.25) is 4.98 Å². The lowest BCUT2D eigenvalue weighted by molar-refractivity contribution is 0.637. The van der Waals surface area contributed by atoms with Crippen LogP contribution >= 0.6 is 11.8 Å². The van der Waals surface area contributed by atoms with Crippen LogP contribution in [0, 0.1) is 25.2 Å². The molecule has 0 bridgehead atoms. The first-order valence-electron chi connectivity index (χ1n) is 6.70. The summed E-state index contributed by atoms with van der Waals surface area (Å²) in [4.78, 5) is 6.75. The van der Waals surface area contributed by atoms with Gasteiger partial charge in [0.05, 0.1) is 16.9 Å². The predicted molar refractivity (Wildman–Crippen MR) is 81.8 cm³/mol. The van der Waals surface area contributed by atoms with Crippen LogP contribution in [0.1, 0.15) is 37.2 Å². The summed E-state index contributed by atoms with van der Waals surface area (Å²) >= 11 is 2.02. The Hall–Kier alpha value is -1.21. The molecule has 1 fully saturated rings. The molecule has 1 saturated heterocycles. The van der Waals surface area contributed by atoms with E-state index in [1.165, 1.54) is 0 Å². The van der Waals surface area contributed by atoms with Crippen LogP contribution in [0.25, 0.3) is 0 Å². The Bertz CT molecular complexity index is 517. The second-order valence-electron chi connectivity index (χ2n) is 5.70. The minimum Gasteiger partial charge on any atom is -0.369 e. The van der Waals surface area contributed by atoms with E-state index >= 15 is 0 Å². The molecule has 0 aromatic carbocycles. The van der Waals surface area contributed by atoms with Crippen molar-refractivity contribution in [2.45, 2.75) is 38.9 Å². The van der Waals surface area contributed by atoms with Gasteiger partial charge in [0, 0.05) is 29.3 Å². The van der Waals surface area contributed by atoms with Gasteiger partial charge in [0.2, 0.25) is 0 Å². The molecule has 1 aliphatic heterocycles. The third kappa shape index (κ3) is 3.22. The second-order valence-corrected chi connectivity index (χ2v) is 7.50. The van der Waals surface area contributed by atoms with E-state index < -0.39 is 0 Å². The highest BCUT2D eigenvalue weighted by atomic mass is 32.2. The van der Waals surface area contributed by atoms with Crippen LogP contribution in [-0.2, 0) is 0 Å². The monoisotopic (exact) mass is 275 g/mol. The largest absolute Gasteiger partial charge is 0.369 e. The minimum absolute atomic E-state index is 0.332. The van der Waals surface area contributed by atoms with Crippen molar-refractivity contribution in [3.05, 3.63) is 23.0 Å². The van der Waals surface area contributed by atoms with Crippen molar-refractivity contribution in [3.63, 3.8) is 0 Å². The van der Waals surface area contributed by atoms with Gasteiger partial charge in [-0.1, -0.05) is 13.8 Å². The van der Waals surface area contributed by atoms with Crippen LogP contribution < -0.4 is 4.90 Å². The molecular weight excluding hydrogens is 254 g/mol. The van der Waals surface area contributed by atoms with E-state index in [1.807, 2.05) is 25.6 Å². The molecule has 2 heterocycles. The fraction of sp³-hybridized carbons (Fsp3) is 0.600. The van der Waals surface area contributed by atoms with Gasteiger partial charge < -0.3 is 4.90 Å². The molecule has 1 aliphatic rings. The molecule has 0 aliphatic carbocycles. The van der Waals surface area contributed by atoms with Gasteiger partial charge in [-0.2, -0.15) is 17.0 Å². The van der Waals surface area contributed by atoms with E-state index in [-0.39, 0.29) is 0 Å². The van der Waals surface area contributed by atoms with Crippen LogP contribution in [-0.4, -0.2) is 28.6 Å². The Morgan fingerprint density at radius 1 is 1.37 bits per heavy atom. The van der Waals surface area contributed by atoms with E-state index in [0.717, 1.165) is 47.9 Å². The number of hydrogen-bond donors (Lipinski definition) is 0. The molecule has 102 valence electrons. The van der Waals surface area contributed by atoms with E-state index in [9.17, 15) is 5.26 Å². The van der Waals surface area contributed by atoms with Gasteiger partial charge in [0.15, 0.2) is 0 Å². The van der Waals surface area contributed by atoms with Crippen LogP contribution in [0.5, 0.6) is 0 Å². The van der Waals surface area contributed by atoms with E-state index in [1.54, 1.807) is 0 Å². The fourth-order valence-corrected chi connectivity index (χ4v) is 3.56. The normalized spacial score (nSPS) is 18.8. The first kappa shape index (κ1) is 14.2. The summed E-state index contributed by atoms with van der Waals surface area (Å²) < 4.78 is 0.332. The number of nitrogens with zero attached hydrogens (tertiary/aromatic N) is 3. The Kier molecular flexibility index (Phi) is 4.05. The molecule has 0 N–H and O–H groups in total. The highest BCUT2D eigenvalue weighted by Gasteiger charge is 2.25. The van der Waals surface area contributed by atoms with Gasteiger partial charge >= 0.3 is 0 Å². The number of aryl methyl sites for hydroxylation is 2. The van der Waals surface area contributed by atoms with Crippen molar-refractivity contribution in [1.82, 2.24) is 4.98 Å². The number of aromatic nitrogens is 1. The van der Waals surface area contributed by atoms with E-state index in [0.29, 0.717) is 4.75 Å². The summed E-state index contributed by atoms with van der Waals surface area (Å²) in [6.07, 6.45) is 1.14. The maximum atomic E-state index is 9.37. The number of rotatable bonds is 1. The zero-order valence-corrected chi connectivity index (χ0v) is 13.0. The van der Waals surface area contributed by atoms with Crippen molar-refractivity contribution < 1.29 is 0 Å². The van der Waals surface area contributed by atoms with Crippen LogP contribution in [0.4, 0.5) is 5.69 Å². The van der Waals surface area contributed by atoms with Crippen molar-refractivity contribution in [2.75, 3.05) is 23.7 Å². The average molecular weight is 275 g/mol. The topological polar surface area (TPSA) is 39.9 Å². The standard InChI is InChI=1S/C15H21N3S/c1-11-9-14(13(10-16)12(2)17-11)18-6-5-15(3,4)19-8-7-18/h9H,5-8H2,1-4H3. The number of pyridine rings is 1. The first-order chi connectivity index (χ1) is 8.93. The quantitative estimate of drug-likeness (QED) is 0.788. The van der Waals surface area contributed by atoms with Gasteiger partial charge in [0.1, 0.15) is 6.07 Å². The second kappa shape index (κ2) is 5.42. The molecule has 1 aromatic rings. The van der Waals surface area contributed by atoms with Crippen LogP contribution in [0.15, 0.2) is 6.07 Å². The fourth-order valence-electron chi connectivity index (χ4n) is 2.46. The molecule has 4 heteroatoms. The minimum atomic E-state index is 0.332. The summed E-state index contributed by atoms with van der Waals surface area (Å²) in [6.45, 7) is 10.5. The van der Waals surface area contributed by atoms with Gasteiger partial charge in [0.25, 0.3) is 0 Å². The number of hydrogen-bond acceptors (Lipinski definition) is 4. The lowest BCUT2D eigenvalue weighted by atomic mass is 10.1. The van der Waals surface area contributed by atoms with Gasteiger partial charge in [-0.15, -0.1) is 0 Å². The smallest absolute Gasteiger partial charge is 0.103 e. The van der Waals surface area contributed by atoms with Gasteiger partial charge in [-0.25, -0.2) is 0 Å². The van der Waals surface area contributed by atoms with Gasteiger partial charge in [-0.05, 0) is 26.3 Å². The average Bonchev–Trinajstić information content (AvgIpc) is 2.49. The van der Waals surface area contributed by atoms with Crippen molar-refractivity contribution >= 4 is 17.4 Å². The predicted octanol–water partition coefficient (Wildman–Crippen LogP) is 3.29. The molecule has 19 heavy (non-hydrogen) atoms. The summed E-state index contributed by atoms with van der Waals surface area (Å²) in [5.41, 5.74) is 3.62. The van der Waals surface area contributed by atoms with E-state index in [4.69, 9.17) is 0 Å².